The predicted octanol–water partition coefficient (Wildman–Crippen LogP) is 3.34. The van der Waals surface area contributed by atoms with Crippen LogP contribution in [0.3, 0.4) is 0 Å². The molecule has 0 aromatic heterocycles. The molecule has 3 nitrogen and oxygen atoms in total. The van der Waals surface area contributed by atoms with Crippen LogP contribution in [0, 0.1) is 12.8 Å². The Kier molecular flexibility index (Phi) is 4.95. The van der Waals surface area contributed by atoms with E-state index in [1.165, 1.54) is 0 Å². The number of nitrogens with zero attached hydrogens (tertiary/aromatic N) is 1. The normalized spacial score (nSPS) is 20.3. The minimum absolute atomic E-state index is 0.0932. The van der Waals surface area contributed by atoms with Gasteiger partial charge in [0.25, 0.3) is 0 Å². The number of nitrogens with one attached hydrogen (secondary N) is 1. The van der Waals surface area contributed by atoms with Gasteiger partial charge in [-0.15, -0.1) is 0 Å². The van der Waals surface area contributed by atoms with Crippen molar-refractivity contribution in [2.45, 2.75) is 39.2 Å². The predicted molar refractivity (Wildman–Crippen MR) is 87.6 cm³/mol. The van der Waals surface area contributed by atoms with Gasteiger partial charge in [0.2, 0.25) is 5.91 Å². The van der Waals surface area contributed by atoms with Gasteiger partial charge in [0.15, 0.2) is 0 Å². The molecule has 0 bridgehead atoms. The van der Waals surface area contributed by atoms with Crippen LogP contribution in [0.15, 0.2) is 18.2 Å². The third-order valence-electron chi connectivity index (χ3n) is 4.29. The van der Waals surface area contributed by atoms with Crippen LogP contribution in [0.1, 0.15) is 37.8 Å². The molecule has 1 N–H and O–H groups in total. The smallest absolute Gasteiger partial charge is 0.225 e. The molecule has 1 aromatic carbocycles. The van der Waals surface area contributed by atoms with E-state index in [2.05, 4.69) is 17.3 Å². The molecule has 1 saturated heterocycles. The average molecular weight is 309 g/mol. The number of likely N-dealkylation sites (tertiary alicyclic amines) is 1. The quantitative estimate of drug-likeness (QED) is 0.929. The lowest BCUT2D eigenvalue weighted by atomic mass is 9.89. The fourth-order valence-corrected chi connectivity index (χ4v) is 3.41. The Labute approximate surface area is 132 Å². The highest BCUT2D eigenvalue weighted by molar-refractivity contribution is 6.30. The molecular weight excluding hydrogens is 284 g/mol. The SMILES string of the molecule is Cc1cc(Cl)ccc1C(C)(C)NC(=O)[C@H]1CCCN(C)C1. The molecule has 4 heteroatoms. The molecular formula is C17H25ClN2O. The Balaban J connectivity index is 2.11. The second-order valence-corrected chi connectivity index (χ2v) is 7.11. The molecule has 1 atom stereocenters. The van der Waals surface area contributed by atoms with E-state index in [0.29, 0.717) is 0 Å². The lowest BCUT2D eigenvalue weighted by Gasteiger charge is -2.34. The molecule has 1 aliphatic rings. The van der Waals surface area contributed by atoms with Crippen LogP contribution >= 0.6 is 11.6 Å². The maximum atomic E-state index is 12.5. The fraction of sp³-hybridized carbons (Fsp3) is 0.588. The van der Waals surface area contributed by atoms with E-state index in [1.54, 1.807) is 0 Å². The summed E-state index contributed by atoms with van der Waals surface area (Å²) in [5.74, 6) is 0.247. The molecule has 1 fully saturated rings. The number of carbonyl (C=O) groups excluding carboxylic acids is 1. The van der Waals surface area contributed by atoms with Crippen molar-refractivity contribution >= 4 is 17.5 Å². The van der Waals surface area contributed by atoms with Crippen molar-refractivity contribution in [1.29, 1.82) is 0 Å². The monoisotopic (exact) mass is 308 g/mol. The number of benzene rings is 1. The summed E-state index contributed by atoms with van der Waals surface area (Å²) in [7, 11) is 2.08. The second-order valence-electron chi connectivity index (χ2n) is 6.67. The summed E-state index contributed by atoms with van der Waals surface area (Å²) in [6.45, 7) is 8.07. The highest BCUT2D eigenvalue weighted by Gasteiger charge is 2.30. The van der Waals surface area contributed by atoms with Crippen LogP contribution in [-0.4, -0.2) is 30.9 Å². The van der Waals surface area contributed by atoms with Gasteiger partial charge in [0, 0.05) is 11.6 Å². The third kappa shape index (κ3) is 3.98. The zero-order chi connectivity index (χ0) is 15.6. The first kappa shape index (κ1) is 16.3. The van der Waals surface area contributed by atoms with E-state index in [1.807, 2.05) is 39.0 Å². The summed E-state index contributed by atoms with van der Waals surface area (Å²) in [5.41, 5.74) is 1.83. The Morgan fingerprint density at radius 2 is 2.14 bits per heavy atom. The summed E-state index contributed by atoms with van der Waals surface area (Å²) in [5, 5.41) is 3.94. The number of aryl methyl sites for hydroxylation is 1. The number of amides is 1. The van der Waals surface area contributed by atoms with Gasteiger partial charge >= 0.3 is 0 Å². The zero-order valence-electron chi connectivity index (χ0n) is 13.4. The van der Waals surface area contributed by atoms with Crippen LogP contribution in [0.4, 0.5) is 0 Å². The van der Waals surface area contributed by atoms with Crippen LogP contribution in [-0.2, 0) is 10.3 Å². The first-order valence-corrected chi connectivity index (χ1v) is 7.94. The summed E-state index contributed by atoms with van der Waals surface area (Å²) in [6, 6.07) is 5.83. The van der Waals surface area contributed by atoms with Crippen molar-refractivity contribution in [3.8, 4) is 0 Å². The van der Waals surface area contributed by atoms with Crippen LogP contribution < -0.4 is 5.32 Å². The molecule has 1 aromatic rings. The number of carbonyl (C=O) groups is 1. The number of hydrogen-bond acceptors (Lipinski definition) is 2. The molecule has 21 heavy (non-hydrogen) atoms. The maximum absolute atomic E-state index is 12.5. The molecule has 0 radical (unpaired) electrons. The summed E-state index contributed by atoms with van der Waals surface area (Å²) in [4.78, 5) is 14.8. The number of halogens is 1. The standard InChI is InChI=1S/C17H25ClN2O/c1-12-10-14(18)7-8-15(12)17(2,3)19-16(21)13-6-5-9-20(4)11-13/h7-8,10,13H,5-6,9,11H2,1-4H3,(H,19,21)/t13-/m0/s1. The molecule has 2 rings (SSSR count). The van der Waals surface area contributed by atoms with Gasteiger partial charge in [0.1, 0.15) is 0 Å². The Morgan fingerprint density at radius 1 is 1.43 bits per heavy atom. The van der Waals surface area contributed by atoms with Gasteiger partial charge in [-0.2, -0.15) is 0 Å². The molecule has 1 aliphatic heterocycles. The van der Waals surface area contributed by atoms with Gasteiger partial charge in [-0.1, -0.05) is 17.7 Å². The highest BCUT2D eigenvalue weighted by Crippen LogP contribution is 2.27. The Bertz CT molecular complexity index is 528. The summed E-state index contributed by atoms with van der Waals surface area (Å²) >= 11 is 6.02. The van der Waals surface area contributed by atoms with Crippen molar-refractivity contribution in [2.75, 3.05) is 20.1 Å². The van der Waals surface area contributed by atoms with Crippen molar-refractivity contribution in [1.82, 2.24) is 10.2 Å². The van der Waals surface area contributed by atoms with E-state index in [9.17, 15) is 4.79 Å². The molecule has 1 heterocycles. The minimum atomic E-state index is -0.387. The van der Waals surface area contributed by atoms with Crippen LogP contribution in [0.25, 0.3) is 0 Å². The van der Waals surface area contributed by atoms with Gasteiger partial charge in [0.05, 0.1) is 11.5 Å². The topological polar surface area (TPSA) is 32.3 Å². The molecule has 0 saturated carbocycles. The highest BCUT2D eigenvalue weighted by atomic mass is 35.5. The van der Waals surface area contributed by atoms with Crippen LogP contribution in [0.5, 0.6) is 0 Å². The second kappa shape index (κ2) is 6.37. The third-order valence-corrected chi connectivity index (χ3v) is 4.53. The lowest BCUT2D eigenvalue weighted by molar-refractivity contribution is -0.128. The largest absolute Gasteiger partial charge is 0.347 e. The van der Waals surface area contributed by atoms with Gasteiger partial charge in [-0.25, -0.2) is 0 Å². The van der Waals surface area contributed by atoms with E-state index in [-0.39, 0.29) is 17.4 Å². The number of piperidine rings is 1. The van der Waals surface area contributed by atoms with Gasteiger partial charge in [-0.05, 0) is 70.5 Å². The average Bonchev–Trinajstić information content (AvgIpc) is 2.37. The van der Waals surface area contributed by atoms with E-state index in [4.69, 9.17) is 11.6 Å². The first-order valence-electron chi connectivity index (χ1n) is 7.57. The van der Waals surface area contributed by atoms with Crippen molar-refractivity contribution in [2.24, 2.45) is 5.92 Å². The fourth-order valence-electron chi connectivity index (χ4n) is 3.19. The minimum Gasteiger partial charge on any atom is -0.347 e. The van der Waals surface area contributed by atoms with E-state index in [0.717, 1.165) is 42.1 Å². The van der Waals surface area contributed by atoms with Crippen molar-refractivity contribution in [3.63, 3.8) is 0 Å². The van der Waals surface area contributed by atoms with Crippen molar-refractivity contribution < 1.29 is 4.79 Å². The molecule has 0 spiro atoms. The molecule has 116 valence electrons. The van der Waals surface area contributed by atoms with Gasteiger partial charge < -0.3 is 10.2 Å². The zero-order valence-corrected chi connectivity index (χ0v) is 14.1. The summed E-state index contributed by atoms with van der Waals surface area (Å²) in [6.07, 6.45) is 2.07. The Morgan fingerprint density at radius 3 is 2.76 bits per heavy atom. The molecule has 1 amide bonds. The number of rotatable bonds is 3. The van der Waals surface area contributed by atoms with Crippen LogP contribution in [0.2, 0.25) is 5.02 Å². The van der Waals surface area contributed by atoms with E-state index < -0.39 is 0 Å². The first-order chi connectivity index (χ1) is 9.79. The van der Waals surface area contributed by atoms with Crippen molar-refractivity contribution in [3.05, 3.63) is 34.3 Å². The van der Waals surface area contributed by atoms with Gasteiger partial charge in [-0.3, -0.25) is 4.79 Å². The lowest BCUT2D eigenvalue weighted by Crippen LogP contribution is -2.48. The number of hydrogen-bond donors (Lipinski definition) is 1. The molecule has 0 aliphatic carbocycles. The molecule has 0 unspecified atom stereocenters. The van der Waals surface area contributed by atoms with E-state index >= 15 is 0 Å². The summed E-state index contributed by atoms with van der Waals surface area (Å²) < 4.78 is 0. The Hall–Kier alpha value is -1.06. The maximum Gasteiger partial charge on any atom is 0.225 e.